The zero-order valence-corrected chi connectivity index (χ0v) is 11.3. The standard InChI is InChI=1S/C16H15N3O/c1-10-6-7-14-15(18-10)19-16(20-14)12-8-11-4-2-3-5-13(11)17-9-12/h2-7,12,17H,8-9H2,1H3. The highest BCUT2D eigenvalue weighted by atomic mass is 16.3. The molecule has 0 saturated heterocycles. The summed E-state index contributed by atoms with van der Waals surface area (Å²) in [5.41, 5.74) is 4.97. The fraction of sp³-hybridized carbons (Fsp3) is 0.250. The normalized spacial score (nSPS) is 17.8. The molecular formula is C16H15N3O. The van der Waals surface area contributed by atoms with Crippen LogP contribution in [0.3, 0.4) is 0 Å². The lowest BCUT2D eigenvalue weighted by molar-refractivity contribution is 0.471. The summed E-state index contributed by atoms with van der Waals surface area (Å²) in [6.45, 7) is 2.81. The van der Waals surface area contributed by atoms with Crippen LogP contribution in [-0.4, -0.2) is 16.5 Å². The summed E-state index contributed by atoms with van der Waals surface area (Å²) >= 11 is 0. The first-order valence-electron chi connectivity index (χ1n) is 6.85. The van der Waals surface area contributed by atoms with E-state index in [9.17, 15) is 0 Å². The summed E-state index contributed by atoms with van der Waals surface area (Å²) in [7, 11) is 0. The van der Waals surface area contributed by atoms with E-state index in [1.54, 1.807) is 0 Å². The third kappa shape index (κ3) is 1.84. The van der Waals surface area contributed by atoms with Gasteiger partial charge in [0.05, 0.1) is 5.92 Å². The molecule has 1 aliphatic rings. The van der Waals surface area contributed by atoms with Crippen LogP contribution >= 0.6 is 0 Å². The number of hydrogen-bond donors (Lipinski definition) is 1. The van der Waals surface area contributed by atoms with Gasteiger partial charge in [0.2, 0.25) is 5.89 Å². The second-order valence-corrected chi connectivity index (χ2v) is 5.27. The van der Waals surface area contributed by atoms with Crippen LogP contribution in [0.5, 0.6) is 0 Å². The lowest BCUT2D eigenvalue weighted by Gasteiger charge is -2.23. The zero-order chi connectivity index (χ0) is 13.5. The van der Waals surface area contributed by atoms with Crippen LogP contribution in [0.2, 0.25) is 0 Å². The fourth-order valence-corrected chi connectivity index (χ4v) is 2.72. The second-order valence-electron chi connectivity index (χ2n) is 5.27. The molecule has 3 aromatic rings. The highest BCUT2D eigenvalue weighted by Crippen LogP contribution is 2.31. The molecule has 0 fully saturated rings. The molecule has 0 amide bonds. The summed E-state index contributed by atoms with van der Waals surface area (Å²) in [5.74, 6) is 1.04. The summed E-state index contributed by atoms with van der Waals surface area (Å²) in [5, 5.41) is 3.45. The molecule has 20 heavy (non-hydrogen) atoms. The van der Waals surface area contributed by atoms with Crippen molar-refractivity contribution in [3.05, 3.63) is 53.5 Å². The Morgan fingerprint density at radius 3 is 3.00 bits per heavy atom. The van der Waals surface area contributed by atoms with Crippen LogP contribution in [0, 0.1) is 6.92 Å². The average molecular weight is 265 g/mol. The Kier molecular flexibility index (Phi) is 2.49. The maximum absolute atomic E-state index is 5.86. The molecule has 100 valence electrons. The molecule has 4 heteroatoms. The smallest absolute Gasteiger partial charge is 0.202 e. The number of nitrogens with zero attached hydrogens (tertiary/aromatic N) is 2. The number of pyridine rings is 1. The van der Waals surface area contributed by atoms with E-state index in [4.69, 9.17) is 4.42 Å². The van der Waals surface area contributed by atoms with Crippen molar-refractivity contribution in [2.24, 2.45) is 0 Å². The Morgan fingerprint density at radius 2 is 2.05 bits per heavy atom. The van der Waals surface area contributed by atoms with Crippen LogP contribution in [0.1, 0.15) is 23.1 Å². The highest BCUT2D eigenvalue weighted by molar-refractivity contribution is 5.68. The minimum Gasteiger partial charge on any atom is -0.439 e. The van der Waals surface area contributed by atoms with Gasteiger partial charge in [0, 0.05) is 17.9 Å². The number of fused-ring (bicyclic) bond motifs is 2. The third-order valence-electron chi connectivity index (χ3n) is 3.78. The van der Waals surface area contributed by atoms with E-state index in [1.165, 1.54) is 11.3 Å². The number of benzene rings is 1. The maximum Gasteiger partial charge on any atom is 0.202 e. The Hall–Kier alpha value is -2.36. The molecule has 1 aromatic carbocycles. The summed E-state index contributed by atoms with van der Waals surface area (Å²) in [6, 6.07) is 12.3. The fourth-order valence-electron chi connectivity index (χ4n) is 2.72. The molecule has 0 spiro atoms. The molecule has 0 saturated carbocycles. The van der Waals surface area contributed by atoms with Gasteiger partial charge in [-0.15, -0.1) is 0 Å². The number of rotatable bonds is 1. The van der Waals surface area contributed by atoms with Crippen molar-refractivity contribution in [3.8, 4) is 0 Å². The number of aromatic nitrogens is 2. The lowest BCUT2D eigenvalue weighted by atomic mass is 9.94. The minimum atomic E-state index is 0.263. The Labute approximate surface area is 116 Å². The van der Waals surface area contributed by atoms with Crippen molar-refractivity contribution in [1.29, 1.82) is 0 Å². The molecule has 0 aliphatic carbocycles. The largest absolute Gasteiger partial charge is 0.439 e. The van der Waals surface area contributed by atoms with Gasteiger partial charge < -0.3 is 9.73 Å². The van der Waals surface area contributed by atoms with Gasteiger partial charge in [-0.05, 0) is 37.1 Å². The number of anilines is 1. The maximum atomic E-state index is 5.86. The third-order valence-corrected chi connectivity index (χ3v) is 3.78. The number of nitrogens with one attached hydrogen (secondary N) is 1. The van der Waals surface area contributed by atoms with E-state index in [2.05, 4.69) is 39.6 Å². The van der Waals surface area contributed by atoms with Crippen LogP contribution in [0.15, 0.2) is 40.8 Å². The lowest BCUT2D eigenvalue weighted by Crippen LogP contribution is -2.21. The Balaban J connectivity index is 1.70. The molecule has 3 heterocycles. The van der Waals surface area contributed by atoms with Gasteiger partial charge in [-0.1, -0.05) is 18.2 Å². The summed E-state index contributed by atoms with van der Waals surface area (Å²) in [6.07, 6.45) is 0.953. The van der Waals surface area contributed by atoms with Crippen molar-refractivity contribution >= 4 is 16.9 Å². The molecule has 1 unspecified atom stereocenters. The zero-order valence-electron chi connectivity index (χ0n) is 11.3. The summed E-state index contributed by atoms with van der Waals surface area (Å²) < 4.78 is 5.86. The SMILES string of the molecule is Cc1ccc2oc(C3CNc4ccccc4C3)nc2n1. The molecule has 0 bridgehead atoms. The van der Waals surface area contributed by atoms with Gasteiger partial charge >= 0.3 is 0 Å². The average Bonchev–Trinajstić information content (AvgIpc) is 2.89. The predicted octanol–water partition coefficient (Wildman–Crippen LogP) is 3.28. The van der Waals surface area contributed by atoms with E-state index in [0.29, 0.717) is 5.65 Å². The van der Waals surface area contributed by atoms with Crippen LogP contribution < -0.4 is 5.32 Å². The predicted molar refractivity (Wildman–Crippen MR) is 77.9 cm³/mol. The van der Waals surface area contributed by atoms with Crippen LogP contribution in [-0.2, 0) is 6.42 Å². The topological polar surface area (TPSA) is 51.0 Å². The van der Waals surface area contributed by atoms with E-state index in [1.807, 2.05) is 19.1 Å². The molecule has 1 aliphatic heterocycles. The Morgan fingerprint density at radius 1 is 1.15 bits per heavy atom. The van der Waals surface area contributed by atoms with Gasteiger partial charge in [0.25, 0.3) is 0 Å². The number of para-hydroxylation sites is 1. The minimum absolute atomic E-state index is 0.263. The van der Waals surface area contributed by atoms with E-state index >= 15 is 0 Å². The van der Waals surface area contributed by atoms with Gasteiger partial charge in [-0.2, -0.15) is 4.98 Å². The first-order valence-corrected chi connectivity index (χ1v) is 6.85. The van der Waals surface area contributed by atoms with Crippen molar-refractivity contribution in [3.63, 3.8) is 0 Å². The van der Waals surface area contributed by atoms with Crippen LogP contribution in [0.4, 0.5) is 5.69 Å². The van der Waals surface area contributed by atoms with Crippen molar-refractivity contribution in [2.75, 3.05) is 11.9 Å². The molecule has 2 aromatic heterocycles. The summed E-state index contributed by atoms with van der Waals surface area (Å²) in [4.78, 5) is 8.96. The molecule has 0 radical (unpaired) electrons. The highest BCUT2D eigenvalue weighted by Gasteiger charge is 2.24. The van der Waals surface area contributed by atoms with Crippen molar-refractivity contribution in [2.45, 2.75) is 19.3 Å². The Bertz CT molecular complexity index is 778. The first-order chi connectivity index (χ1) is 9.79. The molecule has 4 rings (SSSR count). The molecule has 1 N–H and O–H groups in total. The van der Waals surface area contributed by atoms with Crippen LogP contribution in [0.25, 0.3) is 11.2 Å². The second kappa shape index (κ2) is 4.34. The number of aryl methyl sites for hydroxylation is 1. The number of oxazole rings is 1. The van der Waals surface area contributed by atoms with E-state index < -0.39 is 0 Å². The first kappa shape index (κ1) is 11.5. The van der Waals surface area contributed by atoms with Crippen molar-refractivity contribution in [1.82, 2.24) is 9.97 Å². The van der Waals surface area contributed by atoms with Gasteiger partial charge in [-0.25, -0.2) is 4.98 Å². The van der Waals surface area contributed by atoms with Gasteiger partial charge in [0.15, 0.2) is 11.2 Å². The quantitative estimate of drug-likeness (QED) is 0.733. The number of hydrogen-bond acceptors (Lipinski definition) is 4. The molecule has 4 nitrogen and oxygen atoms in total. The van der Waals surface area contributed by atoms with E-state index in [0.717, 1.165) is 30.1 Å². The van der Waals surface area contributed by atoms with Gasteiger partial charge in [0.1, 0.15) is 0 Å². The molecule has 1 atom stereocenters. The van der Waals surface area contributed by atoms with E-state index in [-0.39, 0.29) is 5.92 Å². The molecular weight excluding hydrogens is 250 g/mol. The van der Waals surface area contributed by atoms with Crippen molar-refractivity contribution < 1.29 is 4.42 Å². The monoisotopic (exact) mass is 265 g/mol. The van der Waals surface area contributed by atoms with Gasteiger partial charge in [-0.3, -0.25) is 0 Å².